The molecule has 4 rings (SSSR count). The van der Waals surface area contributed by atoms with E-state index in [0.29, 0.717) is 11.3 Å². The number of aromatic nitrogens is 1. The zero-order valence-electron chi connectivity index (χ0n) is 21.7. The molecule has 37 heavy (non-hydrogen) atoms. The highest BCUT2D eigenvalue weighted by Gasteiger charge is 2.32. The summed E-state index contributed by atoms with van der Waals surface area (Å²) >= 11 is 0. The molecule has 0 bridgehead atoms. The van der Waals surface area contributed by atoms with E-state index in [0.717, 1.165) is 41.0 Å². The van der Waals surface area contributed by atoms with E-state index in [1.54, 1.807) is 19.1 Å². The molecule has 8 heteroatoms. The quantitative estimate of drug-likeness (QED) is 0.205. The van der Waals surface area contributed by atoms with Crippen LogP contribution < -0.4 is 9.64 Å². The van der Waals surface area contributed by atoms with Crippen molar-refractivity contribution in [2.75, 3.05) is 18.0 Å². The molecule has 7 nitrogen and oxygen atoms in total. The van der Waals surface area contributed by atoms with E-state index in [1.165, 1.54) is 26.0 Å². The number of aryl methyl sites for hydroxylation is 1. The Hall–Kier alpha value is -3.62. The second kappa shape index (κ2) is 10.4. The monoisotopic (exact) mass is 520 g/mol. The Morgan fingerprint density at radius 3 is 2.30 bits per heavy atom. The summed E-state index contributed by atoms with van der Waals surface area (Å²) in [5.74, 6) is -1.57. The Morgan fingerprint density at radius 2 is 1.65 bits per heavy atom. The largest absolute Gasteiger partial charge is 0.506 e. The molecule has 1 heterocycles. The van der Waals surface area contributed by atoms with E-state index in [9.17, 15) is 13.5 Å². The molecule has 4 aromatic rings. The number of anilines is 1. The number of nitrogens with zero attached hydrogens (tertiary/aromatic N) is 2. The summed E-state index contributed by atoms with van der Waals surface area (Å²) in [6.07, 6.45) is 0. The van der Waals surface area contributed by atoms with E-state index in [2.05, 4.69) is 30.9 Å². The fourth-order valence-corrected chi connectivity index (χ4v) is 5.43. The van der Waals surface area contributed by atoms with E-state index >= 15 is 0 Å². The highest BCUT2D eigenvalue weighted by Crippen LogP contribution is 2.33. The van der Waals surface area contributed by atoms with Gasteiger partial charge in [-0.2, -0.15) is 8.42 Å². The van der Waals surface area contributed by atoms with Gasteiger partial charge in [-0.25, -0.2) is 9.17 Å². The van der Waals surface area contributed by atoms with Gasteiger partial charge in [0.05, 0.1) is 5.69 Å². The van der Waals surface area contributed by atoms with Crippen molar-refractivity contribution in [3.63, 3.8) is 0 Å². The van der Waals surface area contributed by atoms with E-state index in [1.807, 2.05) is 36.4 Å². The molecule has 0 amide bonds. The van der Waals surface area contributed by atoms with Crippen molar-refractivity contribution in [1.29, 1.82) is 0 Å². The summed E-state index contributed by atoms with van der Waals surface area (Å²) in [5.41, 5.74) is 4.19. The number of pyridine rings is 1. The van der Waals surface area contributed by atoms with Gasteiger partial charge in [-0.3, -0.25) is 0 Å². The van der Waals surface area contributed by atoms with Crippen molar-refractivity contribution >= 4 is 26.7 Å². The number of fused-ring (bicyclic) bond motifs is 1. The van der Waals surface area contributed by atoms with Gasteiger partial charge in [-0.15, -0.1) is 0 Å². The SMILES string of the molecule is CCN(CC)c1ccc(-c2ccc3cccc(OC(C)(C)OS(=O)(=O)c4ccc(C)cc4O)c3n2)cc1. The lowest BCUT2D eigenvalue weighted by molar-refractivity contribution is -0.0751. The standard InChI is InChI=1S/C29H32N2O5S/c1-6-31(7-2)23-15-12-21(13-16-23)24-17-14-22-9-8-10-26(28(22)30-24)35-29(4,5)36-37(33,34)27-18-11-20(3)19-25(27)32/h8-19,32H,6-7H2,1-5H3. The van der Waals surface area contributed by atoms with E-state index < -0.39 is 15.9 Å². The summed E-state index contributed by atoms with van der Waals surface area (Å²) in [7, 11) is -4.31. The van der Waals surface area contributed by atoms with Crippen molar-refractivity contribution in [3.8, 4) is 22.8 Å². The molecule has 1 N–H and O–H groups in total. The second-order valence-corrected chi connectivity index (χ2v) is 10.8. The second-order valence-electron chi connectivity index (χ2n) is 9.25. The summed E-state index contributed by atoms with van der Waals surface area (Å²) < 4.78 is 37.3. The Bertz CT molecular complexity index is 1510. The van der Waals surface area contributed by atoms with Gasteiger partial charge >= 0.3 is 10.1 Å². The maximum Gasteiger partial charge on any atom is 0.304 e. The number of phenols is 1. The molecule has 0 aliphatic rings. The van der Waals surface area contributed by atoms with Crippen molar-refractivity contribution < 1.29 is 22.4 Å². The number of benzene rings is 3. The Labute approximate surface area is 218 Å². The molecule has 0 radical (unpaired) electrons. The number of para-hydroxylation sites is 1. The molecule has 0 saturated carbocycles. The molecule has 1 aromatic heterocycles. The van der Waals surface area contributed by atoms with E-state index in [-0.39, 0.29) is 10.6 Å². The molecule has 3 aromatic carbocycles. The van der Waals surface area contributed by atoms with Crippen molar-refractivity contribution in [2.24, 2.45) is 0 Å². The van der Waals surface area contributed by atoms with Gasteiger partial charge in [0.1, 0.15) is 21.9 Å². The van der Waals surface area contributed by atoms with Crippen LogP contribution in [0.4, 0.5) is 5.69 Å². The van der Waals surface area contributed by atoms with Crippen LogP contribution in [-0.4, -0.2) is 37.4 Å². The third-order valence-electron chi connectivity index (χ3n) is 6.02. The first-order valence-corrected chi connectivity index (χ1v) is 13.6. The van der Waals surface area contributed by atoms with Crippen LogP contribution in [-0.2, 0) is 14.3 Å². The predicted molar refractivity (Wildman–Crippen MR) is 147 cm³/mol. The molecule has 0 aliphatic heterocycles. The molecule has 194 valence electrons. The smallest absolute Gasteiger partial charge is 0.304 e. The highest BCUT2D eigenvalue weighted by molar-refractivity contribution is 7.86. The fraction of sp³-hybridized carbons (Fsp3) is 0.276. The number of hydrogen-bond donors (Lipinski definition) is 1. The van der Waals surface area contributed by atoms with Gasteiger partial charge in [-0.05, 0) is 62.7 Å². The van der Waals surface area contributed by atoms with Gasteiger partial charge in [0.25, 0.3) is 0 Å². The molecule has 0 spiro atoms. The van der Waals surface area contributed by atoms with Crippen LogP contribution in [0, 0.1) is 6.92 Å². The van der Waals surface area contributed by atoms with E-state index in [4.69, 9.17) is 13.9 Å². The van der Waals surface area contributed by atoms with Gasteiger partial charge < -0.3 is 14.7 Å². The number of aromatic hydroxyl groups is 1. The molecule has 0 saturated heterocycles. The van der Waals surface area contributed by atoms with Crippen LogP contribution in [0.2, 0.25) is 0 Å². The predicted octanol–water partition coefficient (Wildman–Crippen LogP) is 6.28. The summed E-state index contributed by atoms with van der Waals surface area (Å²) in [6.45, 7) is 10.9. The first kappa shape index (κ1) is 26.4. The maximum atomic E-state index is 12.9. The van der Waals surface area contributed by atoms with Crippen LogP contribution in [0.5, 0.6) is 11.5 Å². The first-order chi connectivity index (χ1) is 17.5. The van der Waals surface area contributed by atoms with Crippen molar-refractivity contribution in [3.05, 3.63) is 78.4 Å². The topological polar surface area (TPSA) is 89.0 Å². The Kier molecular flexibility index (Phi) is 7.43. The van der Waals surface area contributed by atoms with Crippen LogP contribution >= 0.6 is 0 Å². The van der Waals surface area contributed by atoms with Gasteiger partial charge in [0.2, 0.25) is 5.79 Å². The Morgan fingerprint density at radius 1 is 0.946 bits per heavy atom. The van der Waals surface area contributed by atoms with Crippen LogP contribution in [0.15, 0.2) is 77.7 Å². The first-order valence-electron chi connectivity index (χ1n) is 12.2. The molecular weight excluding hydrogens is 488 g/mol. The average Bonchev–Trinajstić information content (AvgIpc) is 2.84. The lowest BCUT2D eigenvalue weighted by Gasteiger charge is -2.26. The number of hydrogen-bond acceptors (Lipinski definition) is 7. The van der Waals surface area contributed by atoms with Crippen LogP contribution in [0.1, 0.15) is 33.3 Å². The zero-order chi connectivity index (χ0) is 26.8. The van der Waals surface area contributed by atoms with Gasteiger partial charge in [0.15, 0.2) is 0 Å². The van der Waals surface area contributed by atoms with Crippen LogP contribution in [0.25, 0.3) is 22.2 Å². The summed E-state index contributed by atoms with van der Waals surface area (Å²) in [5, 5.41) is 11.0. The molecule has 0 aliphatic carbocycles. The van der Waals surface area contributed by atoms with Crippen LogP contribution in [0.3, 0.4) is 0 Å². The lowest BCUT2D eigenvalue weighted by Crippen LogP contribution is -2.34. The van der Waals surface area contributed by atoms with Crippen molar-refractivity contribution in [1.82, 2.24) is 4.98 Å². The highest BCUT2D eigenvalue weighted by atomic mass is 32.2. The van der Waals surface area contributed by atoms with Crippen molar-refractivity contribution in [2.45, 2.75) is 45.3 Å². The number of phenolic OH excluding ortho intramolecular Hbond substituents is 1. The number of rotatable bonds is 9. The zero-order valence-corrected chi connectivity index (χ0v) is 22.5. The molecule has 0 unspecified atom stereocenters. The maximum absolute atomic E-state index is 12.9. The third-order valence-corrected chi connectivity index (χ3v) is 7.53. The molecule has 0 atom stereocenters. The molecule has 0 fully saturated rings. The normalized spacial score (nSPS) is 12.0. The third kappa shape index (κ3) is 5.87. The minimum atomic E-state index is -4.31. The fourth-order valence-electron chi connectivity index (χ4n) is 4.22. The minimum Gasteiger partial charge on any atom is -0.506 e. The van der Waals surface area contributed by atoms with Gasteiger partial charge in [0, 0.05) is 43.6 Å². The summed E-state index contributed by atoms with van der Waals surface area (Å²) in [4.78, 5) is 6.79. The van der Waals surface area contributed by atoms with Gasteiger partial charge in [-0.1, -0.05) is 36.4 Å². The molecular formula is C29H32N2O5S. The Balaban J connectivity index is 1.63. The number of ether oxygens (including phenoxy) is 1. The lowest BCUT2D eigenvalue weighted by atomic mass is 10.1. The summed E-state index contributed by atoms with van der Waals surface area (Å²) in [6, 6.07) is 21.9. The minimum absolute atomic E-state index is 0.318. The average molecular weight is 521 g/mol.